The van der Waals surface area contributed by atoms with E-state index >= 15 is 0 Å². The van der Waals surface area contributed by atoms with Crippen molar-refractivity contribution in [2.24, 2.45) is 11.3 Å². The Balaban J connectivity index is 1.29. The van der Waals surface area contributed by atoms with Crippen molar-refractivity contribution in [2.75, 3.05) is 18.8 Å². The summed E-state index contributed by atoms with van der Waals surface area (Å²) in [5.74, 6) is -1.56. The molecular weight excluding hydrogens is 653 g/mol. The number of carbonyl (C=O) groups is 4. The number of aliphatic carboxylic acids is 1. The standard InChI is InChI=1S/C39H52N4O6S/c1-8-27-18-39(27,36(47)48)41-34(45)29-17-28(22-43(29)35(46)33(37(2,3)4)40-19-31(44)49-38(5,6)7)42-20-24-12-9-11-23-15-25(30-13-10-14-50-30)16-26(21-42)32(23)24/h8-9,11-12,15-16,27-30,33,40H,1,10,13-14,17-22H2,2-7H3,(H,41,45)(H,47,48)/t27-,28-,29+,30?,33-,39-/m1/s1. The van der Waals surface area contributed by atoms with E-state index in [-0.39, 0.29) is 30.8 Å². The zero-order chi connectivity index (χ0) is 36.2. The number of carboxylic acid groups (broad SMARTS) is 1. The van der Waals surface area contributed by atoms with E-state index in [0.717, 1.165) is 0 Å². The summed E-state index contributed by atoms with van der Waals surface area (Å²) in [5.41, 5.74) is 1.14. The lowest BCUT2D eigenvalue weighted by atomic mass is 9.85. The topological polar surface area (TPSA) is 128 Å². The highest BCUT2D eigenvalue weighted by Gasteiger charge is 2.61. The van der Waals surface area contributed by atoms with E-state index in [2.05, 4.69) is 52.4 Å². The van der Waals surface area contributed by atoms with Crippen LogP contribution < -0.4 is 10.6 Å². The quantitative estimate of drug-likeness (QED) is 0.226. The van der Waals surface area contributed by atoms with Crippen LogP contribution in [0.5, 0.6) is 0 Å². The van der Waals surface area contributed by atoms with Crippen molar-refractivity contribution in [2.45, 2.75) is 115 Å². The second-order valence-electron chi connectivity index (χ2n) is 16.6. The zero-order valence-electron chi connectivity index (χ0n) is 30.2. The molecule has 2 aromatic carbocycles. The van der Waals surface area contributed by atoms with Gasteiger partial charge in [-0.05, 0) is 85.1 Å². The van der Waals surface area contributed by atoms with Crippen LogP contribution in [0, 0.1) is 11.3 Å². The van der Waals surface area contributed by atoms with Crippen LogP contribution in [0.4, 0.5) is 0 Å². The molecule has 50 heavy (non-hydrogen) atoms. The third-order valence-electron chi connectivity index (χ3n) is 10.6. The summed E-state index contributed by atoms with van der Waals surface area (Å²) in [6, 6.07) is 9.34. The largest absolute Gasteiger partial charge is 0.479 e. The highest BCUT2D eigenvalue weighted by Crippen LogP contribution is 2.46. The van der Waals surface area contributed by atoms with E-state index in [1.54, 1.807) is 31.7 Å². The fourth-order valence-electron chi connectivity index (χ4n) is 8.04. The predicted molar refractivity (Wildman–Crippen MR) is 195 cm³/mol. The number of esters is 1. The van der Waals surface area contributed by atoms with E-state index in [1.165, 1.54) is 46.1 Å². The maximum absolute atomic E-state index is 14.6. The van der Waals surface area contributed by atoms with E-state index < -0.39 is 46.5 Å². The molecule has 11 heteroatoms. The summed E-state index contributed by atoms with van der Waals surface area (Å²) < 4.78 is 5.50. The van der Waals surface area contributed by atoms with Gasteiger partial charge in [0.15, 0.2) is 0 Å². The van der Waals surface area contributed by atoms with Gasteiger partial charge in [0.1, 0.15) is 17.2 Å². The number of nitrogens with zero attached hydrogens (tertiary/aromatic N) is 2. The minimum atomic E-state index is -1.42. The predicted octanol–water partition coefficient (Wildman–Crippen LogP) is 5.18. The van der Waals surface area contributed by atoms with Crippen LogP contribution in [0.25, 0.3) is 10.8 Å². The number of ether oxygens (including phenoxy) is 1. The number of benzene rings is 2. The van der Waals surface area contributed by atoms with Crippen molar-refractivity contribution in [3.05, 3.63) is 59.7 Å². The number of carboxylic acids is 1. The second kappa shape index (κ2) is 13.6. The summed E-state index contributed by atoms with van der Waals surface area (Å²) in [6.07, 6.45) is 4.59. The van der Waals surface area contributed by atoms with Crippen molar-refractivity contribution >= 4 is 46.3 Å². The minimum Gasteiger partial charge on any atom is -0.479 e. The van der Waals surface area contributed by atoms with Crippen LogP contribution in [0.3, 0.4) is 0 Å². The molecule has 0 bridgehead atoms. The van der Waals surface area contributed by atoms with Gasteiger partial charge in [-0.15, -0.1) is 6.58 Å². The highest BCUT2D eigenvalue weighted by molar-refractivity contribution is 7.99. The monoisotopic (exact) mass is 704 g/mol. The number of carbonyl (C=O) groups excluding carboxylic acids is 3. The first-order chi connectivity index (χ1) is 23.5. The Morgan fingerprint density at radius 2 is 1.86 bits per heavy atom. The molecular formula is C39H52N4O6S. The highest BCUT2D eigenvalue weighted by atomic mass is 32.2. The Kier molecular flexibility index (Phi) is 9.91. The molecule has 0 aromatic heterocycles. The normalized spacial score (nSPS) is 27.2. The number of hydrogen-bond donors (Lipinski definition) is 3. The molecule has 6 rings (SSSR count). The number of hydrogen-bond acceptors (Lipinski definition) is 8. The van der Waals surface area contributed by atoms with Gasteiger partial charge in [-0.25, -0.2) is 4.79 Å². The van der Waals surface area contributed by atoms with E-state index in [1.807, 2.05) is 32.5 Å². The number of nitrogens with one attached hydrogen (secondary N) is 2. The Bertz CT molecular complexity index is 1690. The molecule has 3 heterocycles. The summed E-state index contributed by atoms with van der Waals surface area (Å²) >= 11 is 2.02. The number of rotatable bonds is 10. The van der Waals surface area contributed by atoms with Gasteiger partial charge >= 0.3 is 11.9 Å². The van der Waals surface area contributed by atoms with Gasteiger partial charge in [-0.1, -0.05) is 57.2 Å². The smallest absolute Gasteiger partial charge is 0.330 e. The summed E-state index contributed by atoms with van der Waals surface area (Å²) in [4.78, 5) is 57.7. The molecule has 2 saturated heterocycles. The number of amides is 2. The van der Waals surface area contributed by atoms with Crippen LogP contribution in [-0.4, -0.2) is 86.8 Å². The lowest BCUT2D eigenvalue weighted by Gasteiger charge is -2.36. The van der Waals surface area contributed by atoms with Gasteiger partial charge in [-0.3, -0.25) is 24.6 Å². The van der Waals surface area contributed by atoms with Crippen molar-refractivity contribution in [3.63, 3.8) is 0 Å². The molecule has 6 atom stereocenters. The first kappa shape index (κ1) is 36.4. The first-order valence-corrected chi connectivity index (χ1v) is 18.9. The molecule has 0 spiro atoms. The van der Waals surface area contributed by atoms with Crippen LogP contribution in [0.15, 0.2) is 43.0 Å². The SMILES string of the molecule is C=C[C@@H]1C[C@]1(NC(=O)[C@@H]1C[C@@H](N2Cc3cccc4cc(C5CCCS5)cc(c34)C2)CN1C(=O)[C@@H](NCC(=O)OC(C)(C)C)C(C)(C)C)C(=O)O. The third-order valence-corrected chi connectivity index (χ3v) is 12.0. The Hall–Kier alpha value is -3.41. The van der Waals surface area contributed by atoms with Crippen LogP contribution >= 0.6 is 11.8 Å². The Morgan fingerprint density at radius 1 is 1.12 bits per heavy atom. The van der Waals surface area contributed by atoms with Crippen molar-refractivity contribution in [1.29, 1.82) is 0 Å². The number of thioether (sulfide) groups is 1. The van der Waals surface area contributed by atoms with E-state index in [0.29, 0.717) is 31.3 Å². The van der Waals surface area contributed by atoms with Crippen LogP contribution in [0.1, 0.15) is 89.2 Å². The summed E-state index contributed by atoms with van der Waals surface area (Å²) in [6.45, 7) is 16.4. The molecule has 4 aliphatic rings. The molecule has 1 unspecified atom stereocenters. The van der Waals surface area contributed by atoms with E-state index in [4.69, 9.17) is 4.74 Å². The van der Waals surface area contributed by atoms with Crippen molar-refractivity contribution in [1.82, 2.24) is 20.4 Å². The molecule has 1 aliphatic carbocycles. The molecule has 3 aliphatic heterocycles. The zero-order valence-corrected chi connectivity index (χ0v) is 31.0. The van der Waals surface area contributed by atoms with Gasteiger partial charge in [-0.2, -0.15) is 11.8 Å². The average molecular weight is 705 g/mol. The lowest BCUT2D eigenvalue weighted by molar-refractivity contribution is -0.154. The summed E-state index contributed by atoms with van der Waals surface area (Å²) in [7, 11) is 0. The molecule has 0 radical (unpaired) electrons. The first-order valence-electron chi connectivity index (χ1n) is 17.8. The average Bonchev–Trinajstić information content (AvgIpc) is 3.34. The van der Waals surface area contributed by atoms with Gasteiger partial charge < -0.3 is 20.1 Å². The number of likely N-dealkylation sites (tertiary alicyclic amines) is 1. The van der Waals surface area contributed by atoms with Gasteiger partial charge in [0, 0.05) is 36.8 Å². The molecule has 10 nitrogen and oxygen atoms in total. The van der Waals surface area contributed by atoms with Crippen LogP contribution in [-0.2, 0) is 37.0 Å². The molecule has 2 amide bonds. The molecule has 2 aromatic rings. The minimum absolute atomic E-state index is 0.149. The van der Waals surface area contributed by atoms with Gasteiger partial charge in [0.05, 0.1) is 12.6 Å². The molecule has 270 valence electrons. The molecule has 3 N–H and O–H groups in total. The maximum atomic E-state index is 14.6. The van der Waals surface area contributed by atoms with Crippen molar-refractivity contribution < 1.29 is 29.0 Å². The van der Waals surface area contributed by atoms with Crippen LogP contribution in [0.2, 0.25) is 0 Å². The molecule has 3 fully saturated rings. The fraction of sp³-hybridized carbons (Fsp3) is 0.590. The Labute approximate surface area is 299 Å². The Morgan fingerprint density at radius 3 is 2.48 bits per heavy atom. The lowest BCUT2D eigenvalue weighted by Crippen LogP contribution is -2.59. The van der Waals surface area contributed by atoms with Gasteiger partial charge in [0.25, 0.3) is 0 Å². The van der Waals surface area contributed by atoms with E-state index in [9.17, 15) is 24.3 Å². The molecule has 1 saturated carbocycles. The fourth-order valence-corrected chi connectivity index (χ4v) is 9.32. The summed E-state index contributed by atoms with van der Waals surface area (Å²) in [5, 5.41) is 19.1. The second-order valence-corrected chi connectivity index (χ2v) is 17.9. The third kappa shape index (κ3) is 7.32. The maximum Gasteiger partial charge on any atom is 0.330 e. The van der Waals surface area contributed by atoms with Gasteiger partial charge in [0.2, 0.25) is 11.8 Å². The van der Waals surface area contributed by atoms with Crippen molar-refractivity contribution in [3.8, 4) is 0 Å².